The average molecular weight is 432 g/mol. The molecule has 20 heavy (non-hydrogen) atoms. The number of hydrogen-bond donors (Lipinski definition) is 0. The lowest BCUT2D eigenvalue weighted by molar-refractivity contribution is -0.274. The van der Waals surface area contributed by atoms with Gasteiger partial charge in [0.05, 0.1) is 8.26 Å². The van der Waals surface area contributed by atoms with Crippen molar-refractivity contribution in [1.82, 2.24) is 0 Å². The summed E-state index contributed by atoms with van der Waals surface area (Å²) in [5.41, 5.74) is 0. The Labute approximate surface area is 133 Å². The van der Waals surface area contributed by atoms with Gasteiger partial charge < -0.3 is 9.47 Å². The molecule has 108 valence electrons. The maximum absolute atomic E-state index is 12.1. The first-order valence-corrected chi connectivity index (χ1v) is 7.66. The molecule has 0 bridgehead atoms. The highest BCUT2D eigenvalue weighted by molar-refractivity contribution is 9.11. The molecule has 1 aromatic carbocycles. The molecule has 0 spiro atoms. The van der Waals surface area contributed by atoms with Gasteiger partial charge in [0.25, 0.3) is 0 Å². The van der Waals surface area contributed by atoms with Crippen LogP contribution in [0.15, 0.2) is 38.6 Å². The van der Waals surface area contributed by atoms with Gasteiger partial charge in [-0.25, -0.2) is 0 Å². The highest BCUT2D eigenvalue weighted by atomic mass is 79.9. The van der Waals surface area contributed by atoms with Crippen LogP contribution in [0.4, 0.5) is 13.2 Å². The molecular weight excluding hydrogens is 425 g/mol. The van der Waals surface area contributed by atoms with Crippen molar-refractivity contribution >= 4 is 43.2 Å². The molecule has 1 aromatic heterocycles. The van der Waals surface area contributed by atoms with Gasteiger partial charge >= 0.3 is 6.36 Å². The quantitative estimate of drug-likeness (QED) is 0.613. The lowest BCUT2D eigenvalue weighted by atomic mass is 10.3. The summed E-state index contributed by atoms with van der Waals surface area (Å²) in [4.78, 5) is 1.00. The number of rotatable bonds is 4. The zero-order valence-electron chi connectivity index (χ0n) is 9.71. The molecule has 0 aliphatic carbocycles. The van der Waals surface area contributed by atoms with Crippen molar-refractivity contribution in [1.29, 1.82) is 0 Å². The molecule has 0 fully saturated rings. The third-order valence-electron chi connectivity index (χ3n) is 2.14. The second-order valence-corrected chi connectivity index (χ2v) is 7.04. The van der Waals surface area contributed by atoms with Crippen LogP contribution >= 0.6 is 43.2 Å². The van der Waals surface area contributed by atoms with Crippen LogP contribution in [0.25, 0.3) is 0 Å². The van der Waals surface area contributed by atoms with Gasteiger partial charge in [-0.3, -0.25) is 0 Å². The second kappa shape index (κ2) is 6.36. The lowest BCUT2D eigenvalue weighted by Crippen LogP contribution is -2.17. The van der Waals surface area contributed by atoms with Crippen LogP contribution in [0, 0.1) is 0 Å². The van der Waals surface area contributed by atoms with Gasteiger partial charge in [-0.15, -0.1) is 24.5 Å². The minimum atomic E-state index is -4.71. The SMILES string of the molecule is FC(F)(F)Oc1ccc(OCc2ccc(Br)s2)cc1Br. The second-order valence-electron chi connectivity index (χ2n) is 3.63. The molecule has 0 saturated carbocycles. The zero-order chi connectivity index (χ0) is 14.8. The highest BCUT2D eigenvalue weighted by Gasteiger charge is 2.31. The first-order chi connectivity index (χ1) is 9.33. The van der Waals surface area contributed by atoms with E-state index in [1.807, 2.05) is 12.1 Å². The van der Waals surface area contributed by atoms with Crippen molar-refractivity contribution in [3.63, 3.8) is 0 Å². The van der Waals surface area contributed by atoms with E-state index in [4.69, 9.17) is 4.74 Å². The van der Waals surface area contributed by atoms with Crippen LogP contribution in [-0.2, 0) is 6.61 Å². The third kappa shape index (κ3) is 4.68. The van der Waals surface area contributed by atoms with Crippen molar-refractivity contribution in [2.75, 3.05) is 0 Å². The Morgan fingerprint density at radius 1 is 1.10 bits per heavy atom. The molecule has 0 radical (unpaired) electrons. The fourth-order valence-electron chi connectivity index (χ4n) is 1.36. The summed E-state index contributed by atoms with van der Waals surface area (Å²) in [7, 11) is 0. The molecule has 0 atom stereocenters. The summed E-state index contributed by atoms with van der Waals surface area (Å²) in [5.74, 6) is 0.152. The third-order valence-corrected chi connectivity index (χ3v) is 4.36. The Morgan fingerprint density at radius 3 is 2.40 bits per heavy atom. The van der Waals surface area contributed by atoms with E-state index in [9.17, 15) is 13.2 Å². The first kappa shape index (κ1) is 15.7. The first-order valence-electron chi connectivity index (χ1n) is 5.26. The van der Waals surface area contributed by atoms with Gasteiger partial charge in [0.1, 0.15) is 18.1 Å². The molecule has 2 aromatic rings. The minimum absolute atomic E-state index is 0.180. The van der Waals surface area contributed by atoms with E-state index >= 15 is 0 Å². The Hall–Kier alpha value is -0.730. The van der Waals surface area contributed by atoms with Crippen molar-refractivity contribution < 1.29 is 22.6 Å². The van der Waals surface area contributed by atoms with Gasteiger partial charge in [-0.2, -0.15) is 0 Å². The average Bonchev–Trinajstić information content (AvgIpc) is 2.74. The normalized spacial score (nSPS) is 11.4. The summed E-state index contributed by atoms with van der Waals surface area (Å²) in [6.07, 6.45) is -4.71. The van der Waals surface area contributed by atoms with Crippen LogP contribution in [0.2, 0.25) is 0 Å². The highest BCUT2D eigenvalue weighted by Crippen LogP contribution is 2.33. The molecule has 2 rings (SSSR count). The molecular formula is C12H7Br2F3O2S. The van der Waals surface area contributed by atoms with Crippen LogP contribution in [-0.4, -0.2) is 6.36 Å². The molecule has 1 heterocycles. The number of halogens is 5. The molecule has 0 unspecified atom stereocenters. The van der Waals surface area contributed by atoms with Crippen LogP contribution < -0.4 is 9.47 Å². The predicted molar refractivity (Wildman–Crippen MR) is 77.2 cm³/mol. The molecule has 0 aliphatic rings. The molecule has 2 nitrogen and oxygen atoms in total. The van der Waals surface area contributed by atoms with E-state index in [2.05, 4.69) is 36.6 Å². The Kier molecular flexibility index (Phi) is 4.98. The van der Waals surface area contributed by atoms with Gasteiger partial charge in [0.15, 0.2) is 0 Å². The maximum atomic E-state index is 12.1. The number of ether oxygens (including phenoxy) is 2. The molecule has 8 heteroatoms. The van der Waals surface area contributed by atoms with Crippen molar-refractivity contribution in [2.24, 2.45) is 0 Å². The van der Waals surface area contributed by atoms with E-state index in [0.717, 1.165) is 8.66 Å². The Morgan fingerprint density at radius 2 is 1.85 bits per heavy atom. The number of benzene rings is 1. The summed E-state index contributed by atoms with van der Waals surface area (Å²) in [6.45, 7) is 0.349. The standard InChI is InChI=1S/C12H7Br2F3O2S/c13-9-5-7(1-3-10(9)19-12(15,16)17)18-6-8-2-4-11(14)20-8/h1-5H,6H2. The fourth-order valence-corrected chi connectivity index (χ4v) is 3.20. The minimum Gasteiger partial charge on any atom is -0.488 e. The van der Waals surface area contributed by atoms with Gasteiger partial charge in [-0.1, -0.05) is 0 Å². The van der Waals surface area contributed by atoms with Crippen LogP contribution in [0.5, 0.6) is 11.5 Å². The smallest absolute Gasteiger partial charge is 0.488 e. The fraction of sp³-hybridized carbons (Fsp3) is 0.167. The van der Waals surface area contributed by atoms with Gasteiger partial charge in [0.2, 0.25) is 0 Å². The molecule has 0 amide bonds. The van der Waals surface area contributed by atoms with E-state index in [1.165, 1.54) is 29.5 Å². The van der Waals surface area contributed by atoms with Crippen LogP contribution in [0.3, 0.4) is 0 Å². The summed E-state index contributed by atoms with van der Waals surface area (Å²) in [5, 5.41) is 0. The van der Waals surface area contributed by atoms with Gasteiger partial charge in [0, 0.05) is 4.88 Å². The van der Waals surface area contributed by atoms with Crippen LogP contribution in [0.1, 0.15) is 4.88 Å². The predicted octanol–water partition coefficient (Wildman–Crippen LogP) is 5.75. The Bertz CT molecular complexity index is 599. The van der Waals surface area contributed by atoms with Crippen molar-refractivity contribution in [3.05, 3.63) is 43.5 Å². The van der Waals surface area contributed by atoms with E-state index < -0.39 is 6.36 Å². The number of hydrogen-bond acceptors (Lipinski definition) is 3. The summed E-state index contributed by atoms with van der Waals surface area (Å²) in [6, 6.07) is 7.87. The largest absolute Gasteiger partial charge is 0.573 e. The van der Waals surface area contributed by atoms with Gasteiger partial charge in [-0.05, 0) is 62.2 Å². The zero-order valence-corrected chi connectivity index (χ0v) is 13.7. The van der Waals surface area contributed by atoms with Crippen molar-refractivity contribution in [2.45, 2.75) is 13.0 Å². The maximum Gasteiger partial charge on any atom is 0.573 e. The topological polar surface area (TPSA) is 18.5 Å². The monoisotopic (exact) mass is 430 g/mol. The Balaban J connectivity index is 2.01. The van der Waals surface area contributed by atoms with Crippen molar-refractivity contribution in [3.8, 4) is 11.5 Å². The van der Waals surface area contributed by atoms with E-state index in [-0.39, 0.29) is 10.2 Å². The molecule has 0 N–H and O–H groups in total. The summed E-state index contributed by atoms with van der Waals surface area (Å²) < 4.78 is 46.9. The lowest BCUT2D eigenvalue weighted by Gasteiger charge is -2.12. The number of alkyl halides is 3. The number of thiophene rings is 1. The molecule has 0 saturated heterocycles. The van der Waals surface area contributed by atoms with E-state index in [0.29, 0.717) is 12.4 Å². The van der Waals surface area contributed by atoms with E-state index in [1.54, 1.807) is 0 Å². The summed E-state index contributed by atoms with van der Waals surface area (Å²) >= 11 is 7.89. The molecule has 0 aliphatic heterocycles.